The molecule has 0 aromatic rings. The minimum atomic E-state index is 0.188. The van der Waals surface area contributed by atoms with Gasteiger partial charge in [-0.2, -0.15) is 0 Å². The summed E-state index contributed by atoms with van der Waals surface area (Å²) >= 11 is 0. The van der Waals surface area contributed by atoms with Crippen LogP contribution in [0.3, 0.4) is 0 Å². The summed E-state index contributed by atoms with van der Waals surface area (Å²) in [5.41, 5.74) is 0.644. The number of hydrogen-bond donors (Lipinski definition) is 0. The van der Waals surface area contributed by atoms with Crippen molar-refractivity contribution in [2.75, 3.05) is 54.2 Å². The van der Waals surface area contributed by atoms with E-state index in [1.165, 1.54) is 32.1 Å². The summed E-state index contributed by atoms with van der Waals surface area (Å²) in [6.45, 7) is 10.5. The summed E-state index contributed by atoms with van der Waals surface area (Å²) in [5, 5.41) is 0. The monoisotopic (exact) mass is 552 g/mol. The number of fused-ring (bicyclic) bond motifs is 5. The highest BCUT2D eigenvalue weighted by Gasteiger charge is 2.62. The van der Waals surface area contributed by atoms with Crippen LogP contribution in [0.1, 0.15) is 85.0 Å². The smallest absolute Gasteiger partial charge is 0.147 e. The number of carbonyl (C=O) groups excluding carboxylic acids is 1. The number of ether oxygens (including phenoxy) is 6. The van der Waals surface area contributed by atoms with E-state index in [9.17, 15) is 4.79 Å². The highest BCUT2D eigenvalue weighted by atomic mass is 16.7. The third-order valence-corrected chi connectivity index (χ3v) is 11.7. The molecule has 0 saturated heterocycles. The topological polar surface area (TPSA) is 72.5 Å². The average molecular weight is 553 g/mol. The van der Waals surface area contributed by atoms with Crippen molar-refractivity contribution in [2.45, 2.75) is 97.2 Å². The van der Waals surface area contributed by atoms with Crippen LogP contribution in [-0.2, 0) is 33.2 Å². The van der Waals surface area contributed by atoms with Gasteiger partial charge in [0.25, 0.3) is 0 Å². The minimum absolute atomic E-state index is 0.188. The van der Waals surface area contributed by atoms with Crippen molar-refractivity contribution in [3.05, 3.63) is 0 Å². The predicted molar refractivity (Wildman–Crippen MR) is 150 cm³/mol. The van der Waals surface area contributed by atoms with Gasteiger partial charge >= 0.3 is 0 Å². The third kappa shape index (κ3) is 6.91. The summed E-state index contributed by atoms with van der Waals surface area (Å²) in [7, 11) is 3.39. The molecule has 226 valence electrons. The van der Waals surface area contributed by atoms with E-state index in [0.29, 0.717) is 69.6 Å². The summed E-state index contributed by atoms with van der Waals surface area (Å²) in [6, 6.07) is 0. The second-order valence-electron chi connectivity index (χ2n) is 13.5. The summed E-state index contributed by atoms with van der Waals surface area (Å²) < 4.78 is 34.5. The number of rotatable bonds is 16. The second kappa shape index (κ2) is 14.6. The van der Waals surface area contributed by atoms with Gasteiger partial charge < -0.3 is 33.2 Å². The molecule has 0 aromatic heterocycles. The first-order chi connectivity index (χ1) is 18.9. The molecule has 0 bridgehead atoms. The van der Waals surface area contributed by atoms with Crippen molar-refractivity contribution in [3.8, 4) is 0 Å². The highest BCUT2D eigenvalue weighted by molar-refractivity contribution is 5.49. The molecule has 0 aromatic carbocycles. The molecule has 0 amide bonds. The molecule has 0 heterocycles. The van der Waals surface area contributed by atoms with Crippen LogP contribution in [0.15, 0.2) is 0 Å². The van der Waals surface area contributed by atoms with Crippen LogP contribution >= 0.6 is 0 Å². The Hall–Kier alpha value is -0.570. The van der Waals surface area contributed by atoms with Crippen molar-refractivity contribution in [3.63, 3.8) is 0 Å². The number of hydrogen-bond acceptors (Lipinski definition) is 7. The zero-order valence-electron chi connectivity index (χ0n) is 25.4. The lowest BCUT2D eigenvalue weighted by molar-refractivity contribution is -0.218. The second-order valence-corrected chi connectivity index (χ2v) is 13.5. The van der Waals surface area contributed by atoms with E-state index in [1.807, 2.05) is 0 Å². The van der Waals surface area contributed by atoms with Crippen LogP contribution in [0, 0.1) is 46.3 Å². The Morgan fingerprint density at radius 3 is 2.15 bits per heavy atom. The summed E-state index contributed by atoms with van der Waals surface area (Å²) in [5.74, 6) is 4.02. The van der Waals surface area contributed by atoms with E-state index >= 15 is 0 Å². The fourth-order valence-corrected chi connectivity index (χ4v) is 9.76. The van der Waals surface area contributed by atoms with E-state index in [-0.39, 0.29) is 17.6 Å². The van der Waals surface area contributed by atoms with Gasteiger partial charge in [0, 0.05) is 20.6 Å². The fraction of sp³-hybridized carbons (Fsp3) is 0.969. The van der Waals surface area contributed by atoms with Crippen molar-refractivity contribution >= 4 is 6.29 Å². The first-order valence-electron chi connectivity index (χ1n) is 15.7. The van der Waals surface area contributed by atoms with Crippen molar-refractivity contribution in [1.29, 1.82) is 0 Å². The maximum Gasteiger partial charge on any atom is 0.147 e. The Morgan fingerprint density at radius 2 is 1.46 bits per heavy atom. The molecule has 0 radical (unpaired) electrons. The van der Waals surface area contributed by atoms with E-state index in [4.69, 9.17) is 28.4 Å². The first kappa shape index (κ1) is 31.4. The minimum Gasteiger partial charge on any atom is -0.382 e. The van der Waals surface area contributed by atoms with Crippen LogP contribution in [0.25, 0.3) is 0 Å². The maximum absolute atomic E-state index is 11.1. The standard InChI is InChI=1S/C32H56O7/c1-23(7-6-14-33)26-8-9-27-25-20-30(39-22-37-18-16-35-5)29-19-24(38-21-36-17-15-34-4)10-12-32(29,3)28(25)11-13-31(26,27)2/h14,23-30H,6-13,15-22H2,1-5H3/t23-,24-,25+,26-,27+,28+,29+,30+,31-,32-/m1/s1. The molecular weight excluding hydrogens is 496 g/mol. The molecule has 0 aliphatic heterocycles. The normalized spacial score (nSPS) is 40.5. The van der Waals surface area contributed by atoms with Crippen LogP contribution in [0.2, 0.25) is 0 Å². The number of carbonyl (C=O) groups is 1. The molecular formula is C32H56O7. The zero-order valence-corrected chi connectivity index (χ0v) is 25.4. The number of aldehydes is 1. The highest BCUT2D eigenvalue weighted by Crippen LogP contribution is 2.68. The van der Waals surface area contributed by atoms with Crippen LogP contribution in [0.4, 0.5) is 0 Å². The Morgan fingerprint density at radius 1 is 0.795 bits per heavy atom. The van der Waals surface area contributed by atoms with E-state index in [0.717, 1.165) is 49.7 Å². The van der Waals surface area contributed by atoms with Crippen LogP contribution < -0.4 is 0 Å². The molecule has 4 aliphatic rings. The molecule has 0 unspecified atom stereocenters. The maximum atomic E-state index is 11.1. The summed E-state index contributed by atoms with van der Waals surface area (Å²) in [4.78, 5) is 11.1. The predicted octanol–water partition coefficient (Wildman–Crippen LogP) is 5.88. The van der Waals surface area contributed by atoms with Crippen LogP contribution in [-0.4, -0.2) is 72.7 Å². The largest absolute Gasteiger partial charge is 0.382 e. The van der Waals surface area contributed by atoms with Gasteiger partial charge in [-0.3, -0.25) is 0 Å². The Labute approximate surface area is 237 Å². The molecule has 7 nitrogen and oxygen atoms in total. The van der Waals surface area contributed by atoms with E-state index in [2.05, 4.69) is 20.8 Å². The molecule has 0 spiro atoms. The quantitative estimate of drug-likeness (QED) is 0.134. The fourth-order valence-electron chi connectivity index (χ4n) is 9.76. The van der Waals surface area contributed by atoms with Gasteiger partial charge in [-0.1, -0.05) is 20.8 Å². The lowest BCUT2D eigenvalue weighted by Gasteiger charge is -2.63. The molecule has 10 atom stereocenters. The van der Waals surface area contributed by atoms with E-state index < -0.39 is 0 Å². The van der Waals surface area contributed by atoms with Gasteiger partial charge in [0.2, 0.25) is 0 Å². The van der Waals surface area contributed by atoms with Gasteiger partial charge in [0.1, 0.15) is 19.9 Å². The van der Waals surface area contributed by atoms with Crippen LogP contribution in [0.5, 0.6) is 0 Å². The summed E-state index contributed by atoms with van der Waals surface area (Å²) in [6.07, 6.45) is 13.0. The molecule has 4 rings (SSSR count). The molecule has 4 saturated carbocycles. The van der Waals surface area contributed by atoms with Gasteiger partial charge in [0.05, 0.1) is 38.6 Å². The van der Waals surface area contributed by atoms with Gasteiger partial charge in [-0.05, 0) is 104 Å². The zero-order chi connectivity index (χ0) is 27.9. The Bertz CT molecular complexity index is 748. The lowest BCUT2D eigenvalue weighted by Crippen LogP contribution is -2.59. The van der Waals surface area contributed by atoms with E-state index in [1.54, 1.807) is 14.2 Å². The first-order valence-corrected chi connectivity index (χ1v) is 15.7. The average Bonchev–Trinajstić information content (AvgIpc) is 3.29. The molecule has 7 heteroatoms. The van der Waals surface area contributed by atoms with Crippen molar-refractivity contribution < 1.29 is 33.2 Å². The number of methoxy groups -OCH3 is 2. The lowest BCUT2D eigenvalue weighted by atomic mass is 9.43. The molecule has 0 N–H and O–H groups in total. The van der Waals surface area contributed by atoms with Crippen molar-refractivity contribution in [1.82, 2.24) is 0 Å². The van der Waals surface area contributed by atoms with Crippen molar-refractivity contribution in [2.24, 2.45) is 46.3 Å². The van der Waals surface area contributed by atoms with Gasteiger partial charge in [0.15, 0.2) is 0 Å². The van der Waals surface area contributed by atoms with Gasteiger partial charge in [-0.25, -0.2) is 0 Å². The third-order valence-electron chi connectivity index (χ3n) is 11.7. The van der Waals surface area contributed by atoms with Gasteiger partial charge in [-0.15, -0.1) is 0 Å². The Kier molecular flexibility index (Phi) is 11.7. The molecule has 4 aliphatic carbocycles. The molecule has 4 fully saturated rings. The Balaban J connectivity index is 1.47. The molecule has 39 heavy (non-hydrogen) atoms. The SMILES string of the molecule is COCCOCO[C@@H]1CC[C@]2(C)[C@H]3CC[C@]4(C)[C@@H]([C@H](C)CCC=O)CC[C@H]4[C@@H]3C[C@H](OCOCCOC)[C@@H]2C1.